The van der Waals surface area contributed by atoms with Gasteiger partial charge in [0.2, 0.25) is 17.6 Å². The van der Waals surface area contributed by atoms with E-state index in [2.05, 4.69) is 10.1 Å². The quantitative estimate of drug-likeness (QED) is 0.891. The van der Waals surface area contributed by atoms with Gasteiger partial charge in [-0.15, -0.1) is 0 Å². The topological polar surface area (TPSA) is 94.5 Å². The van der Waals surface area contributed by atoms with Crippen molar-refractivity contribution in [2.45, 2.75) is 25.4 Å². The first kappa shape index (κ1) is 14.5. The molecule has 0 aliphatic carbocycles. The zero-order valence-corrected chi connectivity index (χ0v) is 12.4. The van der Waals surface area contributed by atoms with Gasteiger partial charge in [-0.25, -0.2) is 0 Å². The number of rotatable bonds is 5. The van der Waals surface area contributed by atoms with Gasteiger partial charge in [0.15, 0.2) is 0 Å². The number of amides is 1. The Kier molecular flexibility index (Phi) is 4.06. The smallest absolute Gasteiger partial charge is 0.241 e. The molecule has 1 aliphatic heterocycles. The minimum absolute atomic E-state index is 0.240. The van der Waals surface area contributed by atoms with Crippen LogP contribution in [0.3, 0.4) is 0 Å². The second kappa shape index (κ2) is 6.15. The lowest BCUT2D eigenvalue weighted by Crippen LogP contribution is -2.39. The summed E-state index contributed by atoms with van der Waals surface area (Å²) in [5, 5.41) is 3.98. The molecule has 1 aromatic heterocycles. The first-order chi connectivity index (χ1) is 10.7. The van der Waals surface area contributed by atoms with Crippen molar-refractivity contribution in [2.75, 3.05) is 13.7 Å². The fourth-order valence-electron chi connectivity index (χ4n) is 2.69. The van der Waals surface area contributed by atoms with Crippen LogP contribution in [0.15, 0.2) is 28.8 Å². The number of hydrogen-bond acceptors (Lipinski definition) is 6. The second-order valence-electron chi connectivity index (χ2n) is 5.27. The van der Waals surface area contributed by atoms with E-state index >= 15 is 0 Å². The maximum Gasteiger partial charge on any atom is 0.241 e. The molecule has 7 heteroatoms. The number of aromatic nitrogens is 2. The molecule has 0 bridgehead atoms. The Balaban J connectivity index is 1.72. The Morgan fingerprint density at radius 2 is 2.23 bits per heavy atom. The molecule has 1 amide bonds. The molecule has 1 aromatic carbocycles. The molecule has 1 atom stereocenters. The maximum atomic E-state index is 11.4. The summed E-state index contributed by atoms with van der Waals surface area (Å²) in [4.78, 5) is 17.8. The molecule has 1 saturated heterocycles. The number of carbonyl (C=O) groups excluding carboxylic acids is 1. The second-order valence-corrected chi connectivity index (χ2v) is 5.27. The summed E-state index contributed by atoms with van der Waals surface area (Å²) in [7, 11) is 1.62. The monoisotopic (exact) mass is 302 g/mol. The van der Waals surface area contributed by atoms with Crippen molar-refractivity contribution in [3.05, 3.63) is 30.2 Å². The van der Waals surface area contributed by atoms with Crippen LogP contribution in [0, 0.1) is 0 Å². The van der Waals surface area contributed by atoms with Crippen molar-refractivity contribution in [1.29, 1.82) is 0 Å². The van der Waals surface area contributed by atoms with Gasteiger partial charge in [-0.05, 0) is 43.7 Å². The minimum Gasteiger partial charge on any atom is -0.497 e. The third-order valence-electron chi connectivity index (χ3n) is 3.85. The van der Waals surface area contributed by atoms with E-state index in [0.717, 1.165) is 30.7 Å². The summed E-state index contributed by atoms with van der Waals surface area (Å²) < 4.78 is 10.4. The van der Waals surface area contributed by atoms with Crippen molar-refractivity contribution in [3.63, 3.8) is 0 Å². The standard InChI is InChI=1S/C15H18N4O3/c1-21-11-6-4-10(5-7-11)15-17-13(22-18-15)9-19-8-2-3-12(19)14(16)20/h4-7,12H,2-3,8-9H2,1H3,(H2,16,20). The van der Waals surface area contributed by atoms with Crippen LogP contribution in [-0.2, 0) is 11.3 Å². The van der Waals surface area contributed by atoms with E-state index in [-0.39, 0.29) is 11.9 Å². The number of methoxy groups -OCH3 is 1. The minimum atomic E-state index is -0.299. The summed E-state index contributed by atoms with van der Waals surface area (Å²) in [6.45, 7) is 1.25. The Bertz CT molecular complexity index is 653. The number of nitrogens with two attached hydrogens (primary N) is 1. The van der Waals surface area contributed by atoms with Crippen LogP contribution < -0.4 is 10.5 Å². The normalized spacial score (nSPS) is 18.5. The van der Waals surface area contributed by atoms with E-state index in [1.165, 1.54) is 0 Å². The van der Waals surface area contributed by atoms with Gasteiger partial charge in [0.25, 0.3) is 0 Å². The maximum absolute atomic E-state index is 11.4. The average Bonchev–Trinajstić information content (AvgIpc) is 3.17. The van der Waals surface area contributed by atoms with Crippen molar-refractivity contribution in [3.8, 4) is 17.1 Å². The zero-order chi connectivity index (χ0) is 15.5. The zero-order valence-electron chi connectivity index (χ0n) is 12.4. The van der Waals surface area contributed by atoms with Crippen molar-refractivity contribution < 1.29 is 14.1 Å². The van der Waals surface area contributed by atoms with E-state index in [1.54, 1.807) is 7.11 Å². The molecule has 0 radical (unpaired) electrons. The molecule has 116 valence electrons. The molecule has 1 aliphatic rings. The summed E-state index contributed by atoms with van der Waals surface area (Å²) in [6.07, 6.45) is 1.74. The summed E-state index contributed by atoms with van der Waals surface area (Å²) in [5.74, 6) is 1.48. The molecule has 3 rings (SSSR count). The van der Waals surface area contributed by atoms with Crippen LogP contribution in [0.25, 0.3) is 11.4 Å². The number of nitrogens with zero attached hydrogens (tertiary/aromatic N) is 3. The highest BCUT2D eigenvalue weighted by molar-refractivity contribution is 5.80. The van der Waals surface area contributed by atoms with Crippen LogP contribution in [0.2, 0.25) is 0 Å². The van der Waals surface area contributed by atoms with Gasteiger partial charge < -0.3 is 15.0 Å². The fraction of sp³-hybridized carbons (Fsp3) is 0.400. The molecule has 1 unspecified atom stereocenters. The Labute approximate surface area is 128 Å². The van der Waals surface area contributed by atoms with Crippen LogP contribution in [0.5, 0.6) is 5.75 Å². The van der Waals surface area contributed by atoms with Gasteiger partial charge in [0.1, 0.15) is 5.75 Å². The molecule has 2 N–H and O–H groups in total. The molecule has 2 aromatic rings. The fourth-order valence-corrected chi connectivity index (χ4v) is 2.69. The van der Waals surface area contributed by atoms with Crippen LogP contribution in [0.1, 0.15) is 18.7 Å². The van der Waals surface area contributed by atoms with Crippen LogP contribution in [0.4, 0.5) is 0 Å². The van der Waals surface area contributed by atoms with Crippen molar-refractivity contribution >= 4 is 5.91 Å². The number of benzene rings is 1. The van der Waals surface area contributed by atoms with Gasteiger partial charge in [-0.2, -0.15) is 4.98 Å². The SMILES string of the molecule is COc1ccc(-c2noc(CN3CCCC3C(N)=O)n2)cc1. The number of carbonyl (C=O) groups is 1. The largest absolute Gasteiger partial charge is 0.497 e. The number of ether oxygens (including phenoxy) is 1. The highest BCUT2D eigenvalue weighted by Gasteiger charge is 2.30. The third-order valence-corrected chi connectivity index (χ3v) is 3.85. The third kappa shape index (κ3) is 2.94. The highest BCUT2D eigenvalue weighted by Crippen LogP contribution is 2.22. The number of likely N-dealkylation sites (tertiary alicyclic amines) is 1. The summed E-state index contributed by atoms with van der Waals surface area (Å²) >= 11 is 0. The highest BCUT2D eigenvalue weighted by atomic mass is 16.5. The first-order valence-electron chi connectivity index (χ1n) is 7.18. The molecule has 0 spiro atoms. The van der Waals surface area contributed by atoms with Crippen LogP contribution >= 0.6 is 0 Å². The van der Waals surface area contributed by atoms with Crippen LogP contribution in [-0.4, -0.2) is 40.6 Å². The molecule has 22 heavy (non-hydrogen) atoms. The molecule has 1 fully saturated rings. The first-order valence-corrected chi connectivity index (χ1v) is 7.18. The van der Waals surface area contributed by atoms with Gasteiger partial charge in [-0.1, -0.05) is 5.16 Å². The van der Waals surface area contributed by atoms with E-state index in [9.17, 15) is 4.79 Å². The van der Waals surface area contributed by atoms with Gasteiger partial charge >= 0.3 is 0 Å². The predicted octanol–water partition coefficient (Wildman–Crippen LogP) is 1.19. The van der Waals surface area contributed by atoms with E-state index < -0.39 is 0 Å². The van der Waals surface area contributed by atoms with Gasteiger partial charge in [-0.3, -0.25) is 9.69 Å². The van der Waals surface area contributed by atoms with Crippen molar-refractivity contribution in [2.24, 2.45) is 5.73 Å². The Hall–Kier alpha value is -2.41. The van der Waals surface area contributed by atoms with Gasteiger partial charge in [0.05, 0.1) is 19.7 Å². The summed E-state index contributed by atoms with van der Waals surface area (Å²) in [6, 6.07) is 7.19. The van der Waals surface area contributed by atoms with E-state index in [1.807, 2.05) is 29.2 Å². The Morgan fingerprint density at radius 1 is 1.45 bits per heavy atom. The van der Waals surface area contributed by atoms with Crippen molar-refractivity contribution in [1.82, 2.24) is 15.0 Å². The molecule has 2 heterocycles. The van der Waals surface area contributed by atoms with Gasteiger partial charge in [0, 0.05) is 5.56 Å². The van der Waals surface area contributed by atoms with E-state index in [0.29, 0.717) is 18.3 Å². The lowest BCUT2D eigenvalue weighted by molar-refractivity contribution is -0.122. The summed E-state index contributed by atoms with van der Waals surface area (Å²) in [5.41, 5.74) is 6.26. The van der Waals surface area contributed by atoms with E-state index in [4.69, 9.17) is 15.0 Å². The lowest BCUT2D eigenvalue weighted by atomic mass is 10.2. The predicted molar refractivity (Wildman–Crippen MR) is 78.9 cm³/mol. The average molecular weight is 302 g/mol. The number of hydrogen-bond donors (Lipinski definition) is 1. The molecular weight excluding hydrogens is 284 g/mol. The molecule has 0 saturated carbocycles. The molecular formula is C15H18N4O3. The Morgan fingerprint density at radius 3 is 2.91 bits per heavy atom. The molecule has 7 nitrogen and oxygen atoms in total. The lowest BCUT2D eigenvalue weighted by Gasteiger charge is -2.19. The number of primary amides is 1.